The number of ether oxygens (including phenoxy) is 1. The number of hydrogen-bond donors (Lipinski definition) is 1. The molecule has 0 saturated carbocycles. The van der Waals surface area contributed by atoms with Gasteiger partial charge in [0.15, 0.2) is 0 Å². The summed E-state index contributed by atoms with van der Waals surface area (Å²) in [6, 6.07) is 8.19. The molecule has 0 radical (unpaired) electrons. The molecule has 1 fully saturated rings. The van der Waals surface area contributed by atoms with E-state index in [9.17, 15) is 0 Å². The van der Waals surface area contributed by atoms with Crippen LogP contribution in [-0.4, -0.2) is 13.2 Å². The molecule has 1 heterocycles. The van der Waals surface area contributed by atoms with Gasteiger partial charge in [-0.25, -0.2) is 0 Å². The fourth-order valence-corrected chi connectivity index (χ4v) is 2.02. The molecule has 14 heavy (non-hydrogen) atoms. The normalized spacial score (nSPS) is 23.6. The largest absolute Gasteiger partial charge is 0.399 e. The second kappa shape index (κ2) is 4.01. The Balaban J connectivity index is 2.09. The van der Waals surface area contributed by atoms with Crippen LogP contribution in [0.2, 0.25) is 0 Å². The Morgan fingerprint density at radius 3 is 2.64 bits per heavy atom. The molecule has 2 N–H and O–H groups in total. The predicted octanol–water partition coefficient (Wildman–Crippen LogP) is 2.41. The van der Waals surface area contributed by atoms with E-state index in [1.165, 1.54) is 12.0 Å². The minimum absolute atomic E-state index is 0.582. The quantitative estimate of drug-likeness (QED) is 0.728. The van der Waals surface area contributed by atoms with Gasteiger partial charge in [0.2, 0.25) is 0 Å². The molecule has 2 unspecified atom stereocenters. The van der Waals surface area contributed by atoms with Gasteiger partial charge >= 0.3 is 0 Å². The molecule has 0 aromatic heterocycles. The maximum Gasteiger partial charge on any atom is 0.0500 e. The predicted molar refractivity (Wildman–Crippen MR) is 58.2 cm³/mol. The van der Waals surface area contributed by atoms with Crippen molar-refractivity contribution >= 4 is 5.69 Å². The van der Waals surface area contributed by atoms with Crippen molar-refractivity contribution in [1.29, 1.82) is 0 Å². The molecule has 2 rings (SSSR count). The van der Waals surface area contributed by atoms with Crippen molar-refractivity contribution in [2.24, 2.45) is 5.92 Å². The third-order valence-corrected chi connectivity index (χ3v) is 3.13. The molecule has 2 nitrogen and oxygen atoms in total. The van der Waals surface area contributed by atoms with Crippen LogP contribution in [0.5, 0.6) is 0 Å². The first-order chi connectivity index (χ1) is 6.77. The third kappa shape index (κ3) is 1.90. The van der Waals surface area contributed by atoms with E-state index in [0.29, 0.717) is 11.8 Å². The summed E-state index contributed by atoms with van der Waals surface area (Å²) in [5.41, 5.74) is 7.86. The lowest BCUT2D eigenvalue weighted by molar-refractivity contribution is 0.181. The minimum atomic E-state index is 0.582. The molecule has 2 heteroatoms. The molecule has 1 aliphatic rings. The molecule has 0 bridgehead atoms. The summed E-state index contributed by atoms with van der Waals surface area (Å²) in [4.78, 5) is 0. The van der Waals surface area contributed by atoms with Crippen LogP contribution in [0.3, 0.4) is 0 Å². The lowest BCUT2D eigenvalue weighted by atomic mass is 9.87. The zero-order chi connectivity index (χ0) is 9.97. The van der Waals surface area contributed by atoms with Crippen LogP contribution in [0.4, 0.5) is 5.69 Å². The van der Waals surface area contributed by atoms with E-state index in [1.807, 2.05) is 12.1 Å². The highest BCUT2D eigenvalue weighted by molar-refractivity contribution is 5.40. The highest BCUT2D eigenvalue weighted by Crippen LogP contribution is 2.30. The maximum absolute atomic E-state index is 5.66. The summed E-state index contributed by atoms with van der Waals surface area (Å²) in [6.07, 6.45) is 1.19. The van der Waals surface area contributed by atoms with Crippen LogP contribution in [-0.2, 0) is 4.74 Å². The summed E-state index contributed by atoms with van der Waals surface area (Å²) in [6.45, 7) is 4.10. The van der Waals surface area contributed by atoms with E-state index < -0.39 is 0 Å². The van der Waals surface area contributed by atoms with Gasteiger partial charge in [-0.1, -0.05) is 19.1 Å². The number of hydrogen-bond acceptors (Lipinski definition) is 2. The van der Waals surface area contributed by atoms with Crippen molar-refractivity contribution in [3.63, 3.8) is 0 Å². The van der Waals surface area contributed by atoms with Gasteiger partial charge in [0.25, 0.3) is 0 Å². The van der Waals surface area contributed by atoms with E-state index >= 15 is 0 Å². The Bertz CT molecular complexity index is 288. The van der Waals surface area contributed by atoms with Crippen LogP contribution in [0.15, 0.2) is 24.3 Å². The fourth-order valence-electron chi connectivity index (χ4n) is 2.02. The molecule has 1 saturated heterocycles. The van der Waals surface area contributed by atoms with Crippen LogP contribution in [0, 0.1) is 5.92 Å². The second-order valence-corrected chi connectivity index (χ2v) is 4.08. The number of rotatable bonds is 2. The van der Waals surface area contributed by atoms with Crippen LogP contribution < -0.4 is 5.73 Å². The van der Waals surface area contributed by atoms with Crippen molar-refractivity contribution in [3.8, 4) is 0 Å². The highest BCUT2D eigenvalue weighted by Gasteiger charge is 2.23. The summed E-state index contributed by atoms with van der Waals surface area (Å²) < 4.78 is 5.40. The number of nitrogen functional groups attached to an aromatic ring is 1. The Hall–Kier alpha value is -1.02. The van der Waals surface area contributed by atoms with Gasteiger partial charge in [-0.3, -0.25) is 0 Å². The lowest BCUT2D eigenvalue weighted by Crippen LogP contribution is -2.09. The highest BCUT2D eigenvalue weighted by atomic mass is 16.5. The molecule has 1 aromatic rings. The lowest BCUT2D eigenvalue weighted by Gasteiger charge is -2.17. The number of anilines is 1. The first kappa shape index (κ1) is 9.53. The van der Waals surface area contributed by atoms with Gasteiger partial charge < -0.3 is 10.5 Å². The van der Waals surface area contributed by atoms with Crippen molar-refractivity contribution in [1.82, 2.24) is 0 Å². The van der Waals surface area contributed by atoms with Crippen LogP contribution in [0.1, 0.15) is 24.8 Å². The SMILES string of the molecule is CC(c1ccc(N)cc1)C1CCOC1. The Labute approximate surface area is 85.1 Å². The van der Waals surface area contributed by atoms with Gasteiger partial charge in [0.05, 0.1) is 6.61 Å². The van der Waals surface area contributed by atoms with Gasteiger partial charge in [0, 0.05) is 12.3 Å². The molecule has 2 atom stereocenters. The average molecular weight is 191 g/mol. The standard InChI is InChI=1S/C12H17NO/c1-9(11-6-7-14-8-11)10-2-4-12(13)5-3-10/h2-5,9,11H,6-8,13H2,1H3. The van der Waals surface area contributed by atoms with Crippen molar-refractivity contribution in [2.75, 3.05) is 18.9 Å². The number of nitrogens with two attached hydrogens (primary N) is 1. The molecule has 1 aromatic carbocycles. The van der Waals surface area contributed by atoms with Gasteiger partial charge in [-0.05, 0) is 36.0 Å². The first-order valence-corrected chi connectivity index (χ1v) is 5.20. The third-order valence-electron chi connectivity index (χ3n) is 3.13. The van der Waals surface area contributed by atoms with Gasteiger partial charge in [-0.2, -0.15) is 0 Å². The Morgan fingerprint density at radius 1 is 1.36 bits per heavy atom. The molecule has 1 aliphatic heterocycles. The van der Waals surface area contributed by atoms with Gasteiger partial charge in [0.1, 0.15) is 0 Å². The molecule has 0 aliphatic carbocycles. The molecular weight excluding hydrogens is 174 g/mol. The molecule has 0 spiro atoms. The van der Waals surface area contributed by atoms with E-state index in [1.54, 1.807) is 0 Å². The summed E-state index contributed by atoms with van der Waals surface area (Å²) in [5.74, 6) is 1.26. The summed E-state index contributed by atoms with van der Waals surface area (Å²) in [5, 5.41) is 0. The Morgan fingerprint density at radius 2 is 2.07 bits per heavy atom. The van der Waals surface area contributed by atoms with Crippen molar-refractivity contribution in [2.45, 2.75) is 19.3 Å². The van der Waals surface area contributed by atoms with E-state index in [4.69, 9.17) is 10.5 Å². The summed E-state index contributed by atoms with van der Waals surface area (Å²) >= 11 is 0. The summed E-state index contributed by atoms with van der Waals surface area (Å²) in [7, 11) is 0. The monoisotopic (exact) mass is 191 g/mol. The van der Waals surface area contributed by atoms with E-state index in [2.05, 4.69) is 19.1 Å². The smallest absolute Gasteiger partial charge is 0.0500 e. The first-order valence-electron chi connectivity index (χ1n) is 5.20. The molecule has 0 amide bonds. The number of benzene rings is 1. The van der Waals surface area contributed by atoms with Crippen molar-refractivity contribution in [3.05, 3.63) is 29.8 Å². The Kier molecular flexibility index (Phi) is 2.73. The maximum atomic E-state index is 5.66. The molecular formula is C12H17NO. The van der Waals surface area contributed by atoms with Crippen LogP contribution in [0.25, 0.3) is 0 Å². The average Bonchev–Trinajstić information content (AvgIpc) is 2.71. The second-order valence-electron chi connectivity index (χ2n) is 4.08. The van der Waals surface area contributed by atoms with E-state index in [0.717, 1.165) is 18.9 Å². The molecule has 76 valence electrons. The van der Waals surface area contributed by atoms with Gasteiger partial charge in [-0.15, -0.1) is 0 Å². The topological polar surface area (TPSA) is 35.2 Å². The van der Waals surface area contributed by atoms with E-state index in [-0.39, 0.29) is 0 Å². The zero-order valence-corrected chi connectivity index (χ0v) is 8.57. The minimum Gasteiger partial charge on any atom is -0.399 e. The van der Waals surface area contributed by atoms with Crippen LogP contribution >= 0.6 is 0 Å². The van der Waals surface area contributed by atoms with Crippen molar-refractivity contribution < 1.29 is 4.74 Å². The zero-order valence-electron chi connectivity index (χ0n) is 8.57. The fraction of sp³-hybridized carbons (Fsp3) is 0.500.